The second kappa shape index (κ2) is 9.46. The lowest BCUT2D eigenvalue weighted by Crippen LogP contribution is -2.32. The molecule has 1 aromatic rings. The van der Waals surface area contributed by atoms with Crippen LogP contribution < -0.4 is 4.62 Å². The van der Waals surface area contributed by atoms with Crippen molar-refractivity contribution < 1.29 is 0 Å². The second-order valence-corrected chi connectivity index (χ2v) is 8.26. The lowest BCUT2D eigenvalue weighted by molar-refractivity contribution is 0.430. The molecule has 1 heterocycles. The van der Waals surface area contributed by atoms with Crippen LogP contribution in [0.5, 0.6) is 0 Å². The zero-order valence-corrected chi connectivity index (χ0v) is 15.8. The van der Waals surface area contributed by atoms with Gasteiger partial charge in [0.1, 0.15) is 0 Å². The van der Waals surface area contributed by atoms with E-state index in [1.54, 1.807) is 17.7 Å². The van der Waals surface area contributed by atoms with E-state index in [2.05, 4.69) is 47.0 Å². The molecule has 0 amide bonds. The molecule has 1 rings (SSSR count). The Morgan fingerprint density at radius 1 is 1.10 bits per heavy atom. The van der Waals surface area contributed by atoms with Gasteiger partial charge in [-0.05, 0) is 0 Å². The van der Waals surface area contributed by atoms with Crippen LogP contribution in [0.3, 0.4) is 0 Å². The molecule has 0 radical (unpaired) electrons. The van der Waals surface area contributed by atoms with Crippen molar-refractivity contribution in [3.63, 3.8) is 0 Å². The number of hydrogen-bond acceptors (Lipinski definition) is 5. The third kappa shape index (κ3) is 5.29. The Balaban J connectivity index is 3.03. The number of aromatic nitrogens is 1. The summed E-state index contributed by atoms with van der Waals surface area (Å²) in [5.74, 6) is 0. The molecule has 0 aliphatic rings. The number of rotatable bonds is 9. The van der Waals surface area contributed by atoms with E-state index < -0.39 is 8.22 Å². The average Bonchev–Trinajstić information content (AvgIpc) is 2.94. The zero-order chi connectivity index (χ0) is 15.8. The van der Waals surface area contributed by atoms with Gasteiger partial charge in [0, 0.05) is 40.3 Å². The minimum atomic E-state index is -0.453. The Bertz CT molecular complexity index is 415. The first-order valence-electron chi connectivity index (χ1n) is 7.53. The average molecular weight is 329 g/mol. The van der Waals surface area contributed by atoms with E-state index in [1.165, 1.54) is 4.62 Å². The van der Waals surface area contributed by atoms with Gasteiger partial charge in [-0.3, -0.25) is 9.34 Å². The van der Waals surface area contributed by atoms with E-state index in [-0.39, 0.29) is 0 Å². The second-order valence-electron chi connectivity index (χ2n) is 4.76. The number of aliphatic imine (C=N–C) groups is 1. The topological polar surface area (TPSA) is 35.0 Å². The predicted molar refractivity (Wildman–Crippen MR) is 96.3 cm³/mol. The monoisotopic (exact) mass is 329 g/mol. The minimum absolute atomic E-state index is 0.453. The molecule has 0 spiro atoms. The first-order valence-corrected chi connectivity index (χ1v) is 9.59. The smallest absolute Gasteiger partial charge is 0.211 e. The van der Waals surface area contributed by atoms with Gasteiger partial charge in [0.2, 0.25) is 5.13 Å². The predicted octanol–water partition coefficient (Wildman–Crippen LogP) is 2.99. The van der Waals surface area contributed by atoms with Gasteiger partial charge in [0.15, 0.2) is 0 Å². The van der Waals surface area contributed by atoms with Crippen LogP contribution in [0.15, 0.2) is 11.2 Å². The highest BCUT2D eigenvalue weighted by molar-refractivity contribution is 7.68. The van der Waals surface area contributed by atoms with Crippen molar-refractivity contribution in [3.05, 3.63) is 6.20 Å². The van der Waals surface area contributed by atoms with E-state index in [4.69, 9.17) is 0 Å². The lowest BCUT2D eigenvalue weighted by atomic mass is 10.7. The molecule has 5 nitrogen and oxygen atoms in total. The molecule has 0 N–H and O–H groups in total. The summed E-state index contributed by atoms with van der Waals surface area (Å²) in [5, 5.41) is 0.838. The molecule has 120 valence electrons. The van der Waals surface area contributed by atoms with Crippen molar-refractivity contribution >= 4 is 35.6 Å². The van der Waals surface area contributed by atoms with Crippen LogP contribution in [0.4, 0.5) is 5.13 Å². The highest BCUT2D eigenvalue weighted by atomic mass is 32.1. The van der Waals surface area contributed by atoms with Crippen LogP contribution in [0, 0.1) is 0 Å². The molecule has 0 fully saturated rings. The van der Waals surface area contributed by atoms with Crippen molar-refractivity contribution in [2.75, 3.05) is 40.3 Å². The molecule has 0 atom stereocenters. The van der Waals surface area contributed by atoms with E-state index in [0.717, 1.165) is 31.3 Å². The maximum Gasteiger partial charge on any atom is 0.211 e. The summed E-state index contributed by atoms with van der Waals surface area (Å²) in [7, 11) is 3.48. The SMILES string of the molecule is CCN(CC)P(c1cnc(/N=C/N(C)C)s1)N(CC)CC. The molecule has 0 aliphatic heterocycles. The zero-order valence-electron chi connectivity index (χ0n) is 14.1. The Labute approximate surface area is 134 Å². The van der Waals surface area contributed by atoms with Gasteiger partial charge in [-0.25, -0.2) is 9.98 Å². The first kappa shape index (κ1) is 18.5. The Morgan fingerprint density at radius 2 is 1.62 bits per heavy atom. The fraction of sp³-hybridized carbons (Fsp3) is 0.714. The summed E-state index contributed by atoms with van der Waals surface area (Å²) in [5.41, 5.74) is 0. The molecule has 0 saturated carbocycles. The quantitative estimate of drug-likeness (QED) is 0.396. The molecule has 7 heteroatoms. The maximum absolute atomic E-state index is 4.47. The van der Waals surface area contributed by atoms with Crippen molar-refractivity contribution in [2.24, 2.45) is 4.99 Å². The summed E-state index contributed by atoms with van der Waals surface area (Å²) in [4.78, 5) is 10.8. The molecule has 0 bridgehead atoms. The maximum atomic E-state index is 4.47. The Kier molecular flexibility index (Phi) is 8.34. The largest absolute Gasteiger partial charge is 0.369 e. The number of nitrogens with zero attached hydrogens (tertiary/aromatic N) is 5. The van der Waals surface area contributed by atoms with Crippen molar-refractivity contribution in [3.8, 4) is 0 Å². The molecule has 0 saturated heterocycles. The fourth-order valence-electron chi connectivity index (χ4n) is 2.01. The number of hydrogen-bond donors (Lipinski definition) is 0. The van der Waals surface area contributed by atoms with Gasteiger partial charge in [0.25, 0.3) is 0 Å². The van der Waals surface area contributed by atoms with Gasteiger partial charge in [0.05, 0.1) is 25.4 Å². The molecule has 1 aromatic heterocycles. The molecule has 0 unspecified atom stereocenters. The van der Waals surface area contributed by atoms with Crippen LogP contribution >= 0.6 is 19.6 Å². The van der Waals surface area contributed by atoms with Crippen molar-refractivity contribution in [2.45, 2.75) is 27.7 Å². The van der Waals surface area contributed by atoms with E-state index in [0.29, 0.717) is 0 Å². The Morgan fingerprint density at radius 3 is 2.05 bits per heavy atom. The molecular weight excluding hydrogens is 301 g/mol. The molecular formula is C14H28N5PS. The van der Waals surface area contributed by atoms with Gasteiger partial charge in [-0.1, -0.05) is 39.0 Å². The van der Waals surface area contributed by atoms with Crippen LogP contribution in [-0.4, -0.2) is 65.8 Å². The fourth-order valence-corrected chi connectivity index (χ4v) is 5.92. The highest BCUT2D eigenvalue weighted by Gasteiger charge is 2.25. The van der Waals surface area contributed by atoms with Gasteiger partial charge in [-0.15, -0.1) is 0 Å². The summed E-state index contributed by atoms with van der Waals surface area (Å²) in [6, 6.07) is 0. The molecule has 0 aromatic carbocycles. The minimum Gasteiger partial charge on any atom is -0.369 e. The standard InChI is InChI=1S/C14H28N5PS/c1-7-18(8-2)20(19(9-3)10-4)13-11-15-14(21-13)16-12-17(5)6/h11-12H,7-10H2,1-6H3/b16-12+. The highest BCUT2D eigenvalue weighted by Crippen LogP contribution is 2.44. The molecule has 21 heavy (non-hydrogen) atoms. The summed E-state index contributed by atoms with van der Waals surface area (Å²) >= 11 is 1.71. The van der Waals surface area contributed by atoms with Gasteiger partial charge >= 0.3 is 0 Å². The lowest BCUT2D eigenvalue weighted by Gasteiger charge is -2.36. The van der Waals surface area contributed by atoms with Gasteiger partial charge < -0.3 is 4.90 Å². The third-order valence-electron chi connectivity index (χ3n) is 3.07. The molecule has 0 aliphatic carbocycles. The van der Waals surface area contributed by atoms with Gasteiger partial charge in [-0.2, -0.15) is 0 Å². The summed E-state index contributed by atoms with van der Waals surface area (Å²) in [6.07, 6.45) is 3.81. The van der Waals surface area contributed by atoms with Crippen LogP contribution in [-0.2, 0) is 0 Å². The normalized spacial score (nSPS) is 12.2. The van der Waals surface area contributed by atoms with Crippen molar-refractivity contribution in [1.29, 1.82) is 0 Å². The van der Waals surface area contributed by atoms with Crippen molar-refractivity contribution in [1.82, 2.24) is 19.2 Å². The third-order valence-corrected chi connectivity index (χ3v) is 7.26. The van der Waals surface area contributed by atoms with E-state index in [9.17, 15) is 0 Å². The summed E-state index contributed by atoms with van der Waals surface area (Å²) in [6.45, 7) is 13.2. The van der Waals surface area contributed by atoms with Crippen LogP contribution in [0.2, 0.25) is 0 Å². The summed E-state index contributed by atoms with van der Waals surface area (Å²) < 4.78 is 6.41. The number of thiazole rings is 1. The first-order chi connectivity index (χ1) is 10.1. The van der Waals surface area contributed by atoms with E-state index in [1.807, 2.05) is 25.2 Å². The Hall–Kier alpha value is -0.550. The van der Waals surface area contributed by atoms with Crippen LogP contribution in [0.1, 0.15) is 27.7 Å². The van der Waals surface area contributed by atoms with E-state index >= 15 is 0 Å². The van der Waals surface area contributed by atoms with Crippen LogP contribution in [0.25, 0.3) is 0 Å².